The monoisotopic (exact) mass is 417 g/mol. The summed E-state index contributed by atoms with van der Waals surface area (Å²) >= 11 is 0. The molecule has 7 nitrogen and oxygen atoms in total. The zero-order valence-electron chi connectivity index (χ0n) is 16.1. The molecule has 1 heterocycles. The van der Waals surface area contributed by atoms with E-state index in [0.717, 1.165) is 5.69 Å². The molecule has 0 amide bonds. The van der Waals surface area contributed by atoms with Gasteiger partial charge in [0, 0.05) is 17.3 Å². The van der Waals surface area contributed by atoms with Gasteiger partial charge in [0.15, 0.2) is 0 Å². The second kappa shape index (κ2) is 8.14. The molecule has 2 aromatic carbocycles. The summed E-state index contributed by atoms with van der Waals surface area (Å²) in [6.45, 7) is 3.51. The van der Waals surface area contributed by atoms with E-state index in [1.165, 1.54) is 43.5 Å². The van der Waals surface area contributed by atoms with Gasteiger partial charge >= 0.3 is 5.97 Å². The molecule has 0 fully saturated rings. The Morgan fingerprint density at radius 2 is 1.76 bits per heavy atom. The Bertz CT molecular complexity index is 1120. The lowest BCUT2D eigenvalue weighted by atomic mass is 10.1. The Morgan fingerprint density at radius 3 is 2.34 bits per heavy atom. The molecule has 1 N–H and O–H groups in total. The normalized spacial score (nSPS) is 12.6. The Morgan fingerprint density at radius 1 is 1.14 bits per heavy atom. The summed E-state index contributed by atoms with van der Waals surface area (Å²) in [6, 6.07) is 10.8. The number of ether oxygens (including phenoxy) is 1. The predicted molar refractivity (Wildman–Crippen MR) is 105 cm³/mol. The molecule has 0 spiro atoms. The highest BCUT2D eigenvalue weighted by atomic mass is 32.2. The number of halogens is 1. The summed E-state index contributed by atoms with van der Waals surface area (Å²) in [6.07, 6.45) is 1.58. The van der Waals surface area contributed by atoms with Crippen molar-refractivity contribution >= 4 is 16.0 Å². The maximum atomic E-state index is 13.1. The Labute approximate surface area is 168 Å². The maximum absolute atomic E-state index is 13.1. The average Bonchev–Trinajstić information content (AvgIpc) is 3.09. The Kier molecular flexibility index (Phi) is 5.81. The van der Waals surface area contributed by atoms with E-state index in [1.807, 2.05) is 6.92 Å². The van der Waals surface area contributed by atoms with E-state index in [0.29, 0.717) is 11.3 Å². The first-order valence-corrected chi connectivity index (χ1v) is 10.2. The molecule has 9 heteroatoms. The van der Waals surface area contributed by atoms with Gasteiger partial charge in [-0.15, -0.1) is 0 Å². The lowest BCUT2D eigenvalue weighted by Gasteiger charge is -2.15. The lowest BCUT2D eigenvalue weighted by molar-refractivity contribution is 0.0600. The molecule has 0 saturated heterocycles. The van der Waals surface area contributed by atoms with Crippen LogP contribution in [0, 0.1) is 12.7 Å². The van der Waals surface area contributed by atoms with Gasteiger partial charge < -0.3 is 4.74 Å². The fraction of sp³-hybridized carbons (Fsp3) is 0.200. The van der Waals surface area contributed by atoms with Crippen LogP contribution in [0.25, 0.3) is 5.69 Å². The molecule has 0 bridgehead atoms. The second-order valence-electron chi connectivity index (χ2n) is 6.43. The molecule has 1 unspecified atom stereocenters. The van der Waals surface area contributed by atoms with E-state index in [-0.39, 0.29) is 16.3 Å². The second-order valence-corrected chi connectivity index (χ2v) is 8.15. The zero-order valence-corrected chi connectivity index (χ0v) is 16.9. The molecule has 3 aromatic rings. The van der Waals surface area contributed by atoms with Crippen LogP contribution >= 0.6 is 0 Å². The van der Waals surface area contributed by atoms with Gasteiger partial charge in [-0.25, -0.2) is 27.0 Å². The third kappa shape index (κ3) is 4.36. The number of sulfonamides is 1. The molecule has 152 valence electrons. The first-order valence-electron chi connectivity index (χ1n) is 8.74. The van der Waals surface area contributed by atoms with E-state index < -0.39 is 22.0 Å². The number of esters is 1. The van der Waals surface area contributed by atoms with Gasteiger partial charge in [-0.3, -0.25) is 0 Å². The summed E-state index contributed by atoms with van der Waals surface area (Å²) in [5, 5.41) is 4.29. The summed E-state index contributed by atoms with van der Waals surface area (Å²) in [4.78, 5) is 11.5. The summed E-state index contributed by atoms with van der Waals surface area (Å²) in [5.41, 5.74) is 2.34. The number of aromatic nitrogens is 2. The van der Waals surface area contributed by atoms with Gasteiger partial charge in [-0.05, 0) is 62.4 Å². The molecule has 1 atom stereocenters. The lowest BCUT2D eigenvalue weighted by Crippen LogP contribution is -2.27. The van der Waals surface area contributed by atoms with Gasteiger partial charge in [0.1, 0.15) is 5.82 Å². The molecule has 3 rings (SSSR count). The third-order valence-electron chi connectivity index (χ3n) is 4.50. The van der Waals surface area contributed by atoms with Crippen LogP contribution in [0.4, 0.5) is 4.39 Å². The van der Waals surface area contributed by atoms with E-state index in [1.54, 1.807) is 29.9 Å². The van der Waals surface area contributed by atoms with Crippen LogP contribution in [-0.2, 0) is 14.8 Å². The van der Waals surface area contributed by atoms with Gasteiger partial charge in [-0.2, -0.15) is 5.10 Å². The van der Waals surface area contributed by atoms with Gasteiger partial charge in [-0.1, -0.05) is 0 Å². The highest BCUT2D eigenvalue weighted by molar-refractivity contribution is 7.89. The Balaban J connectivity index is 1.81. The van der Waals surface area contributed by atoms with Crippen LogP contribution in [0.3, 0.4) is 0 Å². The molecule has 0 radical (unpaired) electrons. The third-order valence-corrected chi connectivity index (χ3v) is 6.06. The van der Waals surface area contributed by atoms with Crippen molar-refractivity contribution in [3.05, 3.63) is 77.4 Å². The van der Waals surface area contributed by atoms with Crippen molar-refractivity contribution in [2.45, 2.75) is 24.8 Å². The predicted octanol–water partition coefficient (Wildman–Crippen LogP) is 3.15. The number of rotatable bonds is 6. The molecule has 0 aliphatic rings. The van der Waals surface area contributed by atoms with Crippen LogP contribution in [0.5, 0.6) is 0 Å². The van der Waals surface area contributed by atoms with Crippen molar-refractivity contribution in [2.24, 2.45) is 0 Å². The molecule has 0 aliphatic heterocycles. The largest absolute Gasteiger partial charge is 0.465 e. The number of methoxy groups -OCH3 is 1. The van der Waals surface area contributed by atoms with Crippen molar-refractivity contribution < 1.29 is 22.3 Å². The SMILES string of the molecule is COC(=O)c1ccc(S(=O)(=O)NC(C)c2cnn(-c3ccc(F)cc3)c2C)cc1. The van der Waals surface area contributed by atoms with Crippen molar-refractivity contribution in [3.8, 4) is 5.69 Å². The maximum Gasteiger partial charge on any atom is 0.337 e. The van der Waals surface area contributed by atoms with Crippen molar-refractivity contribution in [2.75, 3.05) is 7.11 Å². The first-order chi connectivity index (χ1) is 13.7. The van der Waals surface area contributed by atoms with Crippen LogP contribution < -0.4 is 4.72 Å². The number of hydrogen-bond acceptors (Lipinski definition) is 5. The smallest absolute Gasteiger partial charge is 0.337 e. The van der Waals surface area contributed by atoms with Crippen LogP contribution in [0.1, 0.15) is 34.6 Å². The summed E-state index contributed by atoms with van der Waals surface area (Å²) < 4.78 is 47.4. The van der Waals surface area contributed by atoms with Crippen LogP contribution in [-0.4, -0.2) is 31.3 Å². The Hall–Kier alpha value is -3.04. The van der Waals surface area contributed by atoms with E-state index in [9.17, 15) is 17.6 Å². The van der Waals surface area contributed by atoms with E-state index >= 15 is 0 Å². The fourth-order valence-corrected chi connectivity index (χ4v) is 4.17. The van der Waals surface area contributed by atoms with Gasteiger partial charge in [0.25, 0.3) is 0 Å². The molecule has 29 heavy (non-hydrogen) atoms. The average molecular weight is 417 g/mol. The van der Waals surface area contributed by atoms with E-state index in [2.05, 4.69) is 14.6 Å². The zero-order chi connectivity index (χ0) is 21.2. The topological polar surface area (TPSA) is 90.3 Å². The summed E-state index contributed by atoms with van der Waals surface area (Å²) in [7, 11) is -2.57. The number of benzene rings is 2. The minimum atomic E-state index is -3.82. The number of nitrogens with zero attached hydrogens (tertiary/aromatic N) is 2. The minimum Gasteiger partial charge on any atom is -0.465 e. The highest BCUT2D eigenvalue weighted by Gasteiger charge is 2.22. The number of hydrogen-bond donors (Lipinski definition) is 1. The molecule has 1 aromatic heterocycles. The quantitative estimate of drug-likeness (QED) is 0.623. The van der Waals surface area contributed by atoms with Crippen LogP contribution in [0.2, 0.25) is 0 Å². The van der Waals surface area contributed by atoms with Gasteiger partial charge in [0.05, 0.1) is 29.5 Å². The number of carbonyl (C=O) groups is 1. The van der Waals surface area contributed by atoms with Crippen molar-refractivity contribution in [1.29, 1.82) is 0 Å². The molecular formula is C20H20FN3O4S. The van der Waals surface area contributed by atoms with Crippen molar-refractivity contribution in [1.82, 2.24) is 14.5 Å². The first kappa shape index (κ1) is 20.7. The molecule has 0 saturated carbocycles. The highest BCUT2D eigenvalue weighted by Crippen LogP contribution is 2.22. The number of nitrogens with one attached hydrogen (secondary N) is 1. The number of carbonyl (C=O) groups excluding carboxylic acids is 1. The summed E-state index contributed by atoms with van der Waals surface area (Å²) in [5.74, 6) is -0.891. The standard InChI is InChI=1S/C20H20FN3O4S/c1-13(19-12-22-24(14(19)2)17-8-6-16(21)7-9-17)23-29(26,27)18-10-4-15(5-11-18)20(25)28-3/h4-13,23H,1-3H3. The van der Waals surface area contributed by atoms with Gasteiger partial charge in [0.2, 0.25) is 10.0 Å². The molecular weight excluding hydrogens is 397 g/mol. The minimum absolute atomic E-state index is 0.0283. The van der Waals surface area contributed by atoms with E-state index in [4.69, 9.17) is 0 Å². The van der Waals surface area contributed by atoms with Crippen LogP contribution in [0.15, 0.2) is 59.6 Å². The van der Waals surface area contributed by atoms with Crippen molar-refractivity contribution in [3.63, 3.8) is 0 Å². The fourth-order valence-electron chi connectivity index (χ4n) is 2.94. The molecule has 0 aliphatic carbocycles.